The maximum absolute atomic E-state index is 12.2. The van der Waals surface area contributed by atoms with Gasteiger partial charge in [0, 0.05) is 24.6 Å². The van der Waals surface area contributed by atoms with Gasteiger partial charge < -0.3 is 15.4 Å². The van der Waals surface area contributed by atoms with Crippen molar-refractivity contribution in [1.82, 2.24) is 15.3 Å². The Morgan fingerprint density at radius 1 is 1.00 bits per heavy atom. The Balaban J connectivity index is 1.55. The molecular weight excluding hydrogens is 340 g/mol. The lowest BCUT2D eigenvalue weighted by atomic mass is 10.2. The highest BCUT2D eigenvalue weighted by atomic mass is 16.5. The monoisotopic (exact) mass is 362 g/mol. The average Bonchev–Trinajstić information content (AvgIpc) is 2.69. The van der Waals surface area contributed by atoms with E-state index in [1.165, 1.54) is 12.4 Å². The molecule has 3 rings (SSSR count). The normalized spacial score (nSPS) is 10.5. The van der Waals surface area contributed by atoms with E-state index < -0.39 is 0 Å². The van der Waals surface area contributed by atoms with Crippen LogP contribution in [0.25, 0.3) is 0 Å². The topological polar surface area (TPSA) is 76.1 Å². The number of amides is 1. The van der Waals surface area contributed by atoms with E-state index in [1.807, 2.05) is 68.4 Å². The number of carbonyl (C=O) groups excluding carboxylic acids is 1. The summed E-state index contributed by atoms with van der Waals surface area (Å²) in [5.41, 5.74) is 2.29. The summed E-state index contributed by atoms with van der Waals surface area (Å²) >= 11 is 0. The Morgan fingerprint density at radius 3 is 2.30 bits per heavy atom. The highest BCUT2D eigenvalue weighted by molar-refractivity contribution is 5.93. The van der Waals surface area contributed by atoms with Crippen molar-refractivity contribution in [3.05, 3.63) is 78.1 Å². The lowest BCUT2D eigenvalue weighted by molar-refractivity contribution is 0.0950. The number of anilines is 2. The molecular formula is C21H22N4O2. The number of hydrogen-bond donors (Lipinski definition) is 2. The molecule has 0 aliphatic heterocycles. The second kappa shape index (κ2) is 8.80. The Bertz CT molecular complexity index is 863. The van der Waals surface area contributed by atoms with Crippen LogP contribution in [-0.4, -0.2) is 22.0 Å². The summed E-state index contributed by atoms with van der Waals surface area (Å²) in [4.78, 5) is 20.6. The van der Waals surface area contributed by atoms with Gasteiger partial charge in [-0.2, -0.15) is 0 Å². The Hall–Kier alpha value is -3.41. The maximum atomic E-state index is 12.2. The quantitative estimate of drug-likeness (QED) is 0.666. The molecule has 2 aromatic carbocycles. The van der Waals surface area contributed by atoms with E-state index in [4.69, 9.17) is 4.74 Å². The van der Waals surface area contributed by atoms with Gasteiger partial charge in [0.25, 0.3) is 5.91 Å². The highest BCUT2D eigenvalue weighted by Gasteiger charge is 2.07. The van der Waals surface area contributed by atoms with Crippen LogP contribution in [0, 0.1) is 0 Å². The number of aromatic nitrogens is 2. The number of carbonyl (C=O) groups is 1. The van der Waals surface area contributed by atoms with Gasteiger partial charge >= 0.3 is 0 Å². The Morgan fingerprint density at radius 2 is 1.67 bits per heavy atom. The molecule has 0 spiro atoms. The van der Waals surface area contributed by atoms with Crippen LogP contribution in [0.4, 0.5) is 11.6 Å². The molecule has 0 aliphatic rings. The molecule has 0 bridgehead atoms. The summed E-state index contributed by atoms with van der Waals surface area (Å²) in [7, 11) is 0. The molecule has 1 amide bonds. The highest BCUT2D eigenvalue weighted by Crippen LogP contribution is 2.19. The summed E-state index contributed by atoms with van der Waals surface area (Å²) in [6.45, 7) is 4.43. The molecule has 0 atom stereocenters. The predicted molar refractivity (Wildman–Crippen MR) is 105 cm³/mol. The molecule has 0 saturated heterocycles. The SMILES string of the molecule is CC(C)Oc1ccc(Nc2ncc(C(=O)NCc3ccccc3)cn2)cc1. The molecule has 6 nitrogen and oxygen atoms in total. The molecule has 0 unspecified atom stereocenters. The standard InChI is InChI=1S/C21H22N4O2/c1-15(2)27-19-10-8-18(9-11-19)25-21-23-13-17(14-24-21)20(26)22-12-16-6-4-3-5-7-16/h3-11,13-15H,12H2,1-2H3,(H,22,26)(H,23,24,25). The van der Waals surface area contributed by atoms with Gasteiger partial charge in [0.15, 0.2) is 0 Å². The smallest absolute Gasteiger partial charge is 0.254 e. The molecule has 0 aliphatic carbocycles. The zero-order chi connectivity index (χ0) is 19.1. The number of rotatable bonds is 7. The first-order valence-corrected chi connectivity index (χ1v) is 8.78. The number of benzene rings is 2. The molecule has 0 fully saturated rings. The van der Waals surface area contributed by atoms with E-state index in [9.17, 15) is 4.79 Å². The number of nitrogens with one attached hydrogen (secondary N) is 2. The van der Waals surface area contributed by atoms with Crippen LogP contribution in [0.1, 0.15) is 29.8 Å². The second-order valence-electron chi connectivity index (χ2n) is 6.28. The number of hydrogen-bond acceptors (Lipinski definition) is 5. The van der Waals surface area contributed by atoms with Crippen LogP contribution >= 0.6 is 0 Å². The largest absolute Gasteiger partial charge is 0.491 e. The van der Waals surface area contributed by atoms with Gasteiger partial charge in [-0.1, -0.05) is 30.3 Å². The van der Waals surface area contributed by atoms with Crippen LogP contribution in [0.3, 0.4) is 0 Å². The Labute approximate surface area is 158 Å². The molecule has 0 radical (unpaired) electrons. The minimum atomic E-state index is -0.208. The first-order chi connectivity index (χ1) is 13.1. The van der Waals surface area contributed by atoms with Crippen molar-refractivity contribution in [3.8, 4) is 5.75 Å². The number of nitrogens with zero attached hydrogens (tertiary/aromatic N) is 2. The van der Waals surface area contributed by atoms with E-state index in [2.05, 4.69) is 20.6 Å². The summed E-state index contributed by atoms with van der Waals surface area (Å²) in [5.74, 6) is 1.02. The van der Waals surface area contributed by atoms with Gasteiger partial charge in [0.2, 0.25) is 5.95 Å². The van der Waals surface area contributed by atoms with Crippen molar-refractivity contribution < 1.29 is 9.53 Å². The van der Waals surface area contributed by atoms with Gasteiger partial charge in [-0.15, -0.1) is 0 Å². The molecule has 1 heterocycles. The van der Waals surface area contributed by atoms with Crippen molar-refractivity contribution in [1.29, 1.82) is 0 Å². The second-order valence-corrected chi connectivity index (χ2v) is 6.28. The van der Waals surface area contributed by atoms with Gasteiger partial charge in [0.1, 0.15) is 5.75 Å². The third-order valence-electron chi connectivity index (χ3n) is 3.69. The van der Waals surface area contributed by atoms with Crippen molar-refractivity contribution in [2.45, 2.75) is 26.5 Å². The van der Waals surface area contributed by atoms with E-state index in [-0.39, 0.29) is 12.0 Å². The van der Waals surface area contributed by atoms with E-state index in [0.29, 0.717) is 18.1 Å². The lowest BCUT2D eigenvalue weighted by Crippen LogP contribution is -2.23. The van der Waals surface area contributed by atoms with Crippen LogP contribution in [0.15, 0.2) is 67.0 Å². The van der Waals surface area contributed by atoms with E-state index in [1.54, 1.807) is 0 Å². The van der Waals surface area contributed by atoms with Gasteiger partial charge in [-0.05, 0) is 43.7 Å². The van der Waals surface area contributed by atoms with Crippen LogP contribution in [0.5, 0.6) is 5.75 Å². The fraction of sp³-hybridized carbons (Fsp3) is 0.190. The molecule has 0 saturated carbocycles. The summed E-state index contributed by atoms with van der Waals surface area (Å²) in [5, 5.41) is 5.95. The first kappa shape index (κ1) is 18.4. The molecule has 1 aromatic heterocycles. The predicted octanol–water partition coefficient (Wildman–Crippen LogP) is 3.94. The third kappa shape index (κ3) is 5.54. The molecule has 6 heteroatoms. The van der Waals surface area contributed by atoms with Crippen molar-refractivity contribution >= 4 is 17.5 Å². The maximum Gasteiger partial charge on any atom is 0.254 e. The fourth-order valence-corrected chi connectivity index (χ4v) is 2.41. The van der Waals surface area contributed by atoms with Crippen molar-refractivity contribution in [2.24, 2.45) is 0 Å². The third-order valence-corrected chi connectivity index (χ3v) is 3.69. The van der Waals surface area contributed by atoms with Crippen molar-refractivity contribution in [2.75, 3.05) is 5.32 Å². The molecule has 27 heavy (non-hydrogen) atoms. The summed E-state index contributed by atoms with van der Waals surface area (Å²) in [6.07, 6.45) is 3.14. The van der Waals surface area contributed by atoms with E-state index >= 15 is 0 Å². The van der Waals surface area contributed by atoms with Crippen LogP contribution in [0.2, 0.25) is 0 Å². The van der Waals surface area contributed by atoms with E-state index in [0.717, 1.165) is 17.0 Å². The minimum Gasteiger partial charge on any atom is -0.491 e. The molecule has 2 N–H and O–H groups in total. The van der Waals surface area contributed by atoms with Gasteiger partial charge in [-0.3, -0.25) is 4.79 Å². The first-order valence-electron chi connectivity index (χ1n) is 8.78. The van der Waals surface area contributed by atoms with Gasteiger partial charge in [0.05, 0.1) is 11.7 Å². The average molecular weight is 362 g/mol. The fourth-order valence-electron chi connectivity index (χ4n) is 2.41. The Kier molecular flexibility index (Phi) is 5.99. The number of ether oxygens (including phenoxy) is 1. The van der Waals surface area contributed by atoms with Gasteiger partial charge in [-0.25, -0.2) is 9.97 Å². The minimum absolute atomic E-state index is 0.132. The van der Waals surface area contributed by atoms with Crippen molar-refractivity contribution in [3.63, 3.8) is 0 Å². The zero-order valence-electron chi connectivity index (χ0n) is 15.3. The lowest BCUT2D eigenvalue weighted by Gasteiger charge is -2.10. The van der Waals surface area contributed by atoms with Crippen LogP contribution < -0.4 is 15.4 Å². The summed E-state index contributed by atoms with van der Waals surface area (Å²) < 4.78 is 5.61. The van der Waals surface area contributed by atoms with Crippen LogP contribution in [-0.2, 0) is 6.54 Å². The molecule has 138 valence electrons. The zero-order valence-corrected chi connectivity index (χ0v) is 15.3. The summed E-state index contributed by atoms with van der Waals surface area (Å²) in [6, 6.07) is 17.3. The molecule has 3 aromatic rings.